The van der Waals surface area contributed by atoms with E-state index in [4.69, 9.17) is 0 Å². The van der Waals surface area contributed by atoms with Crippen LogP contribution in [0.3, 0.4) is 0 Å². The number of hydrogen-bond acceptors (Lipinski definition) is 3. The molecule has 0 unspecified atom stereocenters. The standard InChI is InChI=1S/C16H9FO3/c17-10-7-5-9(6-8-10)14(18)13-15(19)11-3-1-2-4-12(11)16(13)20/h1-8,13H. The number of ketones is 3. The fraction of sp³-hybridized carbons (Fsp3) is 0.0625. The van der Waals surface area contributed by atoms with E-state index in [2.05, 4.69) is 0 Å². The zero-order chi connectivity index (χ0) is 14.3. The number of fused-ring (bicyclic) bond motifs is 1. The van der Waals surface area contributed by atoms with Gasteiger partial charge in [0.15, 0.2) is 17.3 Å². The van der Waals surface area contributed by atoms with Gasteiger partial charge in [-0.1, -0.05) is 24.3 Å². The predicted octanol–water partition coefficient (Wildman–Crippen LogP) is 2.70. The van der Waals surface area contributed by atoms with Gasteiger partial charge in [0.2, 0.25) is 0 Å². The molecule has 0 spiro atoms. The Kier molecular flexibility index (Phi) is 2.79. The third-order valence-corrected chi connectivity index (χ3v) is 3.37. The van der Waals surface area contributed by atoms with Gasteiger partial charge in [0.05, 0.1) is 0 Å². The van der Waals surface area contributed by atoms with E-state index in [1.807, 2.05) is 0 Å². The van der Waals surface area contributed by atoms with Crippen LogP contribution in [-0.4, -0.2) is 17.3 Å². The lowest BCUT2D eigenvalue weighted by Gasteiger charge is -2.05. The van der Waals surface area contributed by atoms with Gasteiger partial charge in [-0.2, -0.15) is 0 Å². The highest BCUT2D eigenvalue weighted by molar-refractivity contribution is 6.37. The molecular weight excluding hydrogens is 259 g/mol. The number of halogens is 1. The molecule has 2 aromatic rings. The van der Waals surface area contributed by atoms with Gasteiger partial charge >= 0.3 is 0 Å². The molecule has 3 rings (SSSR count). The molecule has 0 aliphatic heterocycles. The van der Waals surface area contributed by atoms with Gasteiger partial charge in [0, 0.05) is 16.7 Å². The Bertz CT molecular complexity index is 697. The largest absolute Gasteiger partial charge is 0.293 e. The molecule has 1 aliphatic rings. The van der Waals surface area contributed by atoms with Gasteiger partial charge < -0.3 is 0 Å². The smallest absolute Gasteiger partial charge is 0.182 e. The summed E-state index contributed by atoms with van der Waals surface area (Å²) in [5.74, 6) is -3.37. The van der Waals surface area contributed by atoms with E-state index in [9.17, 15) is 18.8 Å². The topological polar surface area (TPSA) is 51.2 Å². The fourth-order valence-corrected chi connectivity index (χ4v) is 2.36. The molecule has 0 amide bonds. The second-order valence-electron chi connectivity index (χ2n) is 4.58. The highest BCUT2D eigenvalue weighted by Crippen LogP contribution is 2.29. The number of rotatable bonds is 2. The minimum absolute atomic E-state index is 0.158. The molecule has 0 atom stereocenters. The van der Waals surface area contributed by atoms with Crippen molar-refractivity contribution in [2.75, 3.05) is 0 Å². The molecule has 0 fully saturated rings. The molecule has 2 aromatic carbocycles. The molecule has 1 aliphatic carbocycles. The summed E-state index contributed by atoms with van der Waals surface area (Å²) in [6.07, 6.45) is 0. The lowest BCUT2D eigenvalue weighted by Crippen LogP contribution is -2.25. The van der Waals surface area contributed by atoms with Crippen molar-refractivity contribution in [1.82, 2.24) is 0 Å². The van der Waals surface area contributed by atoms with Crippen molar-refractivity contribution in [2.24, 2.45) is 5.92 Å². The Hall–Kier alpha value is -2.62. The average molecular weight is 268 g/mol. The summed E-state index contributed by atoms with van der Waals surface area (Å²) in [4.78, 5) is 36.6. The van der Waals surface area contributed by atoms with Crippen molar-refractivity contribution in [1.29, 1.82) is 0 Å². The first-order valence-electron chi connectivity index (χ1n) is 6.07. The van der Waals surface area contributed by atoms with Crippen LogP contribution in [0.15, 0.2) is 48.5 Å². The van der Waals surface area contributed by atoms with Crippen LogP contribution in [0.25, 0.3) is 0 Å². The zero-order valence-corrected chi connectivity index (χ0v) is 10.3. The molecule has 0 saturated carbocycles. The van der Waals surface area contributed by atoms with Crippen molar-refractivity contribution >= 4 is 17.3 Å². The monoisotopic (exact) mass is 268 g/mol. The number of Topliss-reactive ketones (excluding diaryl/α,β-unsaturated/α-hetero) is 3. The molecular formula is C16H9FO3. The van der Waals surface area contributed by atoms with Gasteiger partial charge in [-0.05, 0) is 24.3 Å². The number of benzene rings is 2. The summed E-state index contributed by atoms with van der Waals surface area (Å²) in [6, 6.07) is 11.2. The van der Waals surface area contributed by atoms with E-state index in [1.165, 1.54) is 24.3 Å². The Morgan fingerprint density at radius 3 is 1.85 bits per heavy atom. The van der Waals surface area contributed by atoms with Gasteiger partial charge in [0.25, 0.3) is 0 Å². The number of carbonyl (C=O) groups is 3. The van der Waals surface area contributed by atoms with E-state index in [1.54, 1.807) is 12.1 Å². The Balaban J connectivity index is 2.00. The molecule has 20 heavy (non-hydrogen) atoms. The van der Waals surface area contributed by atoms with Crippen LogP contribution in [0.4, 0.5) is 4.39 Å². The molecule has 3 nitrogen and oxygen atoms in total. The minimum Gasteiger partial charge on any atom is -0.293 e. The summed E-state index contributed by atoms with van der Waals surface area (Å²) in [6.45, 7) is 0. The Morgan fingerprint density at radius 1 is 0.850 bits per heavy atom. The number of carbonyl (C=O) groups excluding carboxylic acids is 3. The van der Waals surface area contributed by atoms with E-state index in [0.717, 1.165) is 12.1 Å². The SMILES string of the molecule is O=C(c1ccc(F)cc1)C1C(=O)c2ccccc2C1=O. The van der Waals surface area contributed by atoms with Crippen LogP contribution in [0, 0.1) is 11.7 Å². The maximum absolute atomic E-state index is 12.9. The minimum atomic E-state index is -1.34. The molecule has 0 aromatic heterocycles. The van der Waals surface area contributed by atoms with Crippen LogP contribution in [0.5, 0.6) is 0 Å². The van der Waals surface area contributed by atoms with Crippen molar-refractivity contribution in [2.45, 2.75) is 0 Å². The second kappa shape index (κ2) is 4.49. The molecule has 0 heterocycles. The molecule has 0 saturated heterocycles. The lowest BCUT2D eigenvalue weighted by molar-refractivity contribution is 0.0756. The van der Waals surface area contributed by atoms with Crippen LogP contribution < -0.4 is 0 Å². The fourth-order valence-electron chi connectivity index (χ4n) is 2.36. The molecule has 98 valence electrons. The molecule has 0 bridgehead atoms. The summed E-state index contributed by atoms with van der Waals surface area (Å²) in [7, 11) is 0. The maximum Gasteiger partial charge on any atom is 0.182 e. The van der Waals surface area contributed by atoms with Crippen molar-refractivity contribution in [3.8, 4) is 0 Å². The third-order valence-electron chi connectivity index (χ3n) is 3.37. The second-order valence-corrected chi connectivity index (χ2v) is 4.58. The number of hydrogen-bond donors (Lipinski definition) is 0. The highest BCUT2D eigenvalue weighted by atomic mass is 19.1. The third kappa shape index (κ3) is 1.77. The van der Waals surface area contributed by atoms with E-state index in [-0.39, 0.29) is 16.7 Å². The van der Waals surface area contributed by atoms with Crippen LogP contribution >= 0.6 is 0 Å². The van der Waals surface area contributed by atoms with E-state index < -0.39 is 29.1 Å². The van der Waals surface area contributed by atoms with E-state index >= 15 is 0 Å². The first kappa shape index (κ1) is 12.4. The van der Waals surface area contributed by atoms with Crippen LogP contribution in [0.1, 0.15) is 31.1 Å². The van der Waals surface area contributed by atoms with E-state index in [0.29, 0.717) is 0 Å². The summed E-state index contributed by atoms with van der Waals surface area (Å²) in [5, 5.41) is 0. The Morgan fingerprint density at radius 2 is 1.35 bits per heavy atom. The summed E-state index contributed by atoms with van der Waals surface area (Å²) in [5.41, 5.74) is 0.710. The first-order valence-corrected chi connectivity index (χ1v) is 6.07. The summed E-state index contributed by atoms with van der Waals surface area (Å²) < 4.78 is 12.9. The van der Waals surface area contributed by atoms with Gasteiger partial charge in [-0.15, -0.1) is 0 Å². The zero-order valence-electron chi connectivity index (χ0n) is 10.3. The summed E-state index contributed by atoms with van der Waals surface area (Å²) >= 11 is 0. The first-order chi connectivity index (χ1) is 9.59. The van der Waals surface area contributed by atoms with Gasteiger partial charge in [0.1, 0.15) is 11.7 Å². The average Bonchev–Trinajstić information content (AvgIpc) is 2.72. The van der Waals surface area contributed by atoms with Crippen molar-refractivity contribution < 1.29 is 18.8 Å². The van der Waals surface area contributed by atoms with Crippen LogP contribution in [0.2, 0.25) is 0 Å². The highest BCUT2D eigenvalue weighted by Gasteiger charge is 2.43. The maximum atomic E-state index is 12.9. The molecule has 0 N–H and O–H groups in total. The van der Waals surface area contributed by atoms with Gasteiger partial charge in [-0.3, -0.25) is 14.4 Å². The quantitative estimate of drug-likeness (QED) is 0.621. The van der Waals surface area contributed by atoms with Crippen molar-refractivity contribution in [3.05, 3.63) is 71.0 Å². The normalized spacial score (nSPS) is 14.4. The lowest BCUT2D eigenvalue weighted by atomic mass is 9.93. The Labute approximate surface area is 114 Å². The molecule has 0 radical (unpaired) electrons. The van der Waals surface area contributed by atoms with Crippen molar-refractivity contribution in [3.63, 3.8) is 0 Å². The predicted molar refractivity (Wildman–Crippen MR) is 69.3 cm³/mol. The van der Waals surface area contributed by atoms with Crippen LogP contribution in [-0.2, 0) is 0 Å². The molecule has 4 heteroatoms. The van der Waals surface area contributed by atoms with Gasteiger partial charge in [-0.25, -0.2) is 4.39 Å².